The van der Waals surface area contributed by atoms with Gasteiger partial charge < -0.3 is 10.2 Å². The summed E-state index contributed by atoms with van der Waals surface area (Å²) in [5.41, 5.74) is 3.85. The van der Waals surface area contributed by atoms with E-state index >= 15 is 0 Å². The van der Waals surface area contributed by atoms with Gasteiger partial charge >= 0.3 is 0 Å². The lowest BCUT2D eigenvalue weighted by Crippen LogP contribution is -2.34. The zero-order valence-electron chi connectivity index (χ0n) is 9.80. The second-order valence-electron chi connectivity index (χ2n) is 4.13. The van der Waals surface area contributed by atoms with Crippen LogP contribution in [0.4, 0.5) is 5.69 Å². The van der Waals surface area contributed by atoms with E-state index in [9.17, 15) is 4.79 Å². The fraction of sp³-hybridized carbons (Fsp3) is 0.231. The van der Waals surface area contributed by atoms with Crippen molar-refractivity contribution in [3.05, 3.63) is 46.4 Å². The molecule has 0 atom stereocenters. The fourth-order valence-corrected chi connectivity index (χ4v) is 2.69. The Bertz CT molecular complexity index is 553. The molecular formula is C13H13N3OS. The van der Waals surface area contributed by atoms with Gasteiger partial charge in [0.15, 0.2) is 0 Å². The van der Waals surface area contributed by atoms with Crippen molar-refractivity contribution in [1.82, 2.24) is 10.3 Å². The van der Waals surface area contributed by atoms with Gasteiger partial charge in [-0.05, 0) is 11.6 Å². The van der Waals surface area contributed by atoms with Gasteiger partial charge in [-0.1, -0.05) is 18.2 Å². The van der Waals surface area contributed by atoms with Crippen LogP contribution in [0, 0.1) is 0 Å². The van der Waals surface area contributed by atoms with Crippen LogP contribution in [-0.2, 0) is 6.54 Å². The second kappa shape index (κ2) is 4.88. The van der Waals surface area contributed by atoms with Gasteiger partial charge in [-0.25, -0.2) is 0 Å². The molecule has 1 amide bonds. The average Bonchev–Trinajstić information content (AvgIpc) is 2.85. The summed E-state index contributed by atoms with van der Waals surface area (Å²) in [6.45, 7) is 2.30. The van der Waals surface area contributed by atoms with Gasteiger partial charge in [0.05, 0.1) is 11.7 Å². The molecule has 0 saturated carbocycles. The largest absolute Gasteiger partial charge is 0.311 e. The number of anilines is 1. The minimum atomic E-state index is 0.0358. The van der Waals surface area contributed by atoms with Crippen LogP contribution in [-0.4, -0.2) is 24.0 Å². The van der Waals surface area contributed by atoms with E-state index in [1.54, 1.807) is 11.7 Å². The van der Waals surface area contributed by atoms with Crippen LogP contribution >= 0.6 is 11.3 Å². The number of hydrogen-bond donors (Lipinski definition) is 1. The molecule has 18 heavy (non-hydrogen) atoms. The molecule has 0 aliphatic carbocycles. The minimum absolute atomic E-state index is 0.0358. The molecular weight excluding hydrogens is 246 g/mol. The van der Waals surface area contributed by atoms with E-state index in [1.807, 2.05) is 23.1 Å². The quantitative estimate of drug-likeness (QED) is 0.850. The summed E-state index contributed by atoms with van der Waals surface area (Å²) in [4.78, 5) is 18.9. The average molecular weight is 259 g/mol. The monoisotopic (exact) mass is 259 g/mol. The molecule has 0 bridgehead atoms. The number of carbonyl (C=O) groups excluding carboxylic acids is 1. The first-order valence-corrected chi connectivity index (χ1v) is 6.73. The summed E-state index contributed by atoms with van der Waals surface area (Å²) < 4.78 is 0. The van der Waals surface area contributed by atoms with E-state index in [4.69, 9.17) is 0 Å². The molecule has 5 heteroatoms. The van der Waals surface area contributed by atoms with Gasteiger partial charge in [0.25, 0.3) is 5.91 Å². The molecule has 0 saturated heterocycles. The summed E-state index contributed by atoms with van der Waals surface area (Å²) in [7, 11) is 0. The standard InChI is InChI=1S/C13H13N3OS/c17-13(12-8-15-9-18-12)16-6-5-14-7-10-3-1-2-4-11(10)16/h1-4,8-9,14H,5-7H2. The molecule has 2 aromatic rings. The van der Waals surface area contributed by atoms with Gasteiger partial charge in [-0.15, -0.1) is 11.3 Å². The van der Waals surface area contributed by atoms with Crippen molar-refractivity contribution in [2.45, 2.75) is 6.54 Å². The number of hydrogen-bond acceptors (Lipinski definition) is 4. The Morgan fingerprint density at radius 2 is 2.28 bits per heavy atom. The van der Waals surface area contributed by atoms with Crippen LogP contribution in [0.25, 0.3) is 0 Å². The molecule has 1 aliphatic rings. The summed E-state index contributed by atoms with van der Waals surface area (Å²) in [6.07, 6.45) is 1.63. The lowest BCUT2D eigenvalue weighted by atomic mass is 10.1. The SMILES string of the molecule is O=C(c1cncs1)N1CCNCc2ccccc21. The van der Waals surface area contributed by atoms with E-state index in [1.165, 1.54) is 11.3 Å². The Hall–Kier alpha value is -1.72. The van der Waals surface area contributed by atoms with E-state index in [-0.39, 0.29) is 5.91 Å². The smallest absolute Gasteiger partial charge is 0.270 e. The van der Waals surface area contributed by atoms with Crippen LogP contribution in [0.15, 0.2) is 36.0 Å². The normalized spacial score (nSPS) is 15.0. The number of para-hydroxylation sites is 1. The molecule has 1 aromatic heterocycles. The first kappa shape index (κ1) is 11.4. The highest BCUT2D eigenvalue weighted by atomic mass is 32.1. The van der Waals surface area contributed by atoms with Crippen molar-refractivity contribution in [3.8, 4) is 0 Å². The minimum Gasteiger partial charge on any atom is -0.311 e. The van der Waals surface area contributed by atoms with E-state index in [0.717, 1.165) is 24.3 Å². The van der Waals surface area contributed by atoms with Crippen LogP contribution < -0.4 is 10.2 Å². The highest BCUT2D eigenvalue weighted by Crippen LogP contribution is 2.24. The first-order valence-electron chi connectivity index (χ1n) is 5.85. The van der Waals surface area contributed by atoms with Crippen molar-refractivity contribution >= 4 is 22.9 Å². The maximum Gasteiger partial charge on any atom is 0.270 e. The third-order valence-electron chi connectivity index (χ3n) is 3.00. The van der Waals surface area contributed by atoms with Crippen molar-refractivity contribution in [1.29, 1.82) is 0 Å². The highest BCUT2D eigenvalue weighted by Gasteiger charge is 2.22. The van der Waals surface area contributed by atoms with E-state index in [0.29, 0.717) is 11.4 Å². The number of carbonyl (C=O) groups is 1. The molecule has 3 rings (SSSR count). The molecule has 1 aromatic carbocycles. The van der Waals surface area contributed by atoms with Crippen molar-refractivity contribution < 1.29 is 4.79 Å². The number of fused-ring (bicyclic) bond motifs is 1. The topological polar surface area (TPSA) is 45.2 Å². The molecule has 4 nitrogen and oxygen atoms in total. The first-order chi connectivity index (χ1) is 8.86. The molecule has 1 N–H and O–H groups in total. The summed E-state index contributed by atoms with van der Waals surface area (Å²) in [6, 6.07) is 8.03. The lowest BCUT2D eigenvalue weighted by molar-refractivity contribution is 0.0991. The van der Waals surface area contributed by atoms with Gasteiger partial charge in [0.1, 0.15) is 4.88 Å². The third-order valence-corrected chi connectivity index (χ3v) is 3.76. The Labute approximate surface area is 109 Å². The Morgan fingerprint density at radius 3 is 3.11 bits per heavy atom. The van der Waals surface area contributed by atoms with Gasteiger partial charge in [-0.2, -0.15) is 0 Å². The maximum absolute atomic E-state index is 12.4. The van der Waals surface area contributed by atoms with Crippen molar-refractivity contribution in [2.24, 2.45) is 0 Å². The molecule has 0 spiro atoms. The number of nitrogens with zero attached hydrogens (tertiary/aromatic N) is 2. The van der Waals surface area contributed by atoms with Gasteiger partial charge in [0.2, 0.25) is 0 Å². The second-order valence-corrected chi connectivity index (χ2v) is 5.01. The lowest BCUT2D eigenvalue weighted by Gasteiger charge is -2.21. The van der Waals surface area contributed by atoms with Crippen molar-refractivity contribution in [2.75, 3.05) is 18.0 Å². The van der Waals surface area contributed by atoms with Crippen molar-refractivity contribution in [3.63, 3.8) is 0 Å². The summed E-state index contributed by atoms with van der Waals surface area (Å²) >= 11 is 1.38. The molecule has 2 heterocycles. The molecule has 0 fully saturated rings. The molecule has 1 aliphatic heterocycles. The van der Waals surface area contributed by atoms with Gasteiger partial charge in [0, 0.05) is 25.3 Å². The molecule has 0 radical (unpaired) electrons. The van der Waals surface area contributed by atoms with Crippen LogP contribution in [0.2, 0.25) is 0 Å². The van der Waals surface area contributed by atoms with E-state index in [2.05, 4.69) is 16.4 Å². The predicted molar refractivity (Wildman–Crippen MR) is 71.9 cm³/mol. The number of aromatic nitrogens is 1. The third kappa shape index (κ3) is 2.02. The maximum atomic E-state index is 12.4. The van der Waals surface area contributed by atoms with E-state index < -0.39 is 0 Å². The zero-order chi connectivity index (χ0) is 12.4. The number of benzene rings is 1. The van der Waals surface area contributed by atoms with Gasteiger partial charge in [-0.3, -0.25) is 9.78 Å². The van der Waals surface area contributed by atoms with Crippen LogP contribution in [0.1, 0.15) is 15.2 Å². The number of rotatable bonds is 1. The fourth-order valence-electron chi connectivity index (χ4n) is 2.12. The van der Waals surface area contributed by atoms with Crippen LogP contribution in [0.3, 0.4) is 0 Å². The summed E-state index contributed by atoms with van der Waals surface area (Å²) in [5, 5.41) is 3.33. The van der Waals surface area contributed by atoms with Crippen LogP contribution in [0.5, 0.6) is 0 Å². The Morgan fingerprint density at radius 1 is 1.39 bits per heavy atom. The highest BCUT2D eigenvalue weighted by molar-refractivity contribution is 7.11. The molecule has 92 valence electrons. The number of nitrogens with one attached hydrogen (secondary N) is 1. The molecule has 0 unspecified atom stereocenters. The number of amides is 1. The summed E-state index contributed by atoms with van der Waals surface area (Å²) in [5.74, 6) is 0.0358. The Kier molecular flexibility index (Phi) is 3.08. The predicted octanol–water partition coefficient (Wildman–Crippen LogP) is 1.89. The number of thiazole rings is 1. The zero-order valence-corrected chi connectivity index (χ0v) is 10.6. The Balaban J connectivity index is 1.99.